The minimum absolute atomic E-state index is 0.547. The first kappa shape index (κ1) is 15.0. The van der Waals surface area contributed by atoms with E-state index in [0.717, 1.165) is 39.7 Å². The number of aliphatic hydroxyl groups is 1. The van der Waals surface area contributed by atoms with E-state index in [1.54, 1.807) is 0 Å². The lowest BCUT2D eigenvalue weighted by Crippen LogP contribution is -2.15. The molecular formula is C19H20N2O3. The van der Waals surface area contributed by atoms with E-state index >= 15 is 0 Å². The minimum atomic E-state index is -0.578. The lowest BCUT2D eigenvalue weighted by Gasteiger charge is -2.19. The SMILES string of the molecule is CCC(O)c1c(-c2ccc3c(c2)OCCO3)nc2cc(C)ccn12. The summed E-state index contributed by atoms with van der Waals surface area (Å²) >= 11 is 0. The first-order chi connectivity index (χ1) is 11.7. The Hall–Kier alpha value is -2.53. The van der Waals surface area contributed by atoms with Crippen LogP contribution in [0.15, 0.2) is 36.5 Å². The van der Waals surface area contributed by atoms with Crippen molar-refractivity contribution in [2.45, 2.75) is 26.4 Å². The zero-order valence-corrected chi connectivity index (χ0v) is 13.8. The first-order valence-electron chi connectivity index (χ1n) is 8.24. The van der Waals surface area contributed by atoms with E-state index in [0.29, 0.717) is 19.6 Å². The van der Waals surface area contributed by atoms with Crippen LogP contribution < -0.4 is 9.47 Å². The Morgan fingerprint density at radius 1 is 1.17 bits per heavy atom. The van der Waals surface area contributed by atoms with Crippen LogP contribution in [0.2, 0.25) is 0 Å². The zero-order chi connectivity index (χ0) is 16.7. The van der Waals surface area contributed by atoms with Crippen molar-refractivity contribution < 1.29 is 14.6 Å². The number of fused-ring (bicyclic) bond motifs is 2. The second-order valence-corrected chi connectivity index (χ2v) is 6.06. The zero-order valence-electron chi connectivity index (χ0n) is 13.8. The van der Waals surface area contributed by atoms with E-state index in [4.69, 9.17) is 14.5 Å². The van der Waals surface area contributed by atoms with Gasteiger partial charge in [0.2, 0.25) is 0 Å². The Kier molecular flexibility index (Phi) is 3.65. The fraction of sp³-hybridized carbons (Fsp3) is 0.316. The monoisotopic (exact) mass is 324 g/mol. The largest absolute Gasteiger partial charge is 0.486 e. The minimum Gasteiger partial charge on any atom is -0.486 e. The molecule has 0 bridgehead atoms. The summed E-state index contributed by atoms with van der Waals surface area (Å²) in [4.78, 5) is 4.77. The molecule has 0 aliphatic carbocycles. The average molecular weight is 324 g/mol. The van der Waals surface area contributed by atoms with Crippen LogP contribution in [0.3, 0.4) is 0 Å². The molecule has 3 aromatic rings. The Balaban J connectivity index is 1.92. The first-order valence-corrected chi connectivity index (χ1v) is 8.24. The number of hydrogen-bond donors (Lipinski definition) is 1. The number of rotatable bonds is 3. The van der Waals surface area contributed by atoms with E-state index in [1.807, 2.05) is 54.8 Å². The summed E-state index contributed by atoms with van der Waals surface area (Å²) in [6, 6.07) is 9.85. The molecule has 5 heteroatoms. The third-order valence-corrected chi connectivity index (χ3v) is 4.34. The molecule has 1 aromatic carbocycles. The predicted molar refractivity (Wildman–Crippen MR) is 91.6 cm³/mol. The molecule has 0 fully saturated rings. The van der Waals surface area contributed by atoms with Crippen molar-refractivity contribution in [2.24, 2.45) is 0 Å². The molecule has 0 radical (unpaired) electrons. The molecule has 1 N–H and O–H groups in total. The van der Waals surface area contributed by atoms with Gasteiger partial charge in [-0.3, -0.25) is 0 Å². The van der Waals surface area contributed by atoms with Gasteiger partial charge in [-0.25, -0.2) is 4.98 Å². The molecule has 1 aliphatic rings. The van der Waals surface area contributed by atoms with E-state index in [1.165, 1.54) is 0 Å². The molecule has 1 atom stereocenters. The summed E-state index contributed by atoms with van der Waals surface area (Å²) in [5.74, 6) is 1.48. The van der Waals surface area contributed by atoms with Crippen LogP contribution in [0.25, 0.3) is 16.9 Å². The molecule has 4 rings (SSSR count). The molecule has 2 aromatic heterocycles. The molecule has 0 saturated heterocycles. The Morgan fingerprint density at radius 2 is 1.96 bits per heavy atom. The van der Waals surface area contributed by atoms with Gasteiger partial charge >= 0.3 is 0 Å². The number of aromatic nitrogens is 2. The summed E-state index contributed by atoms with van der Waals surface area (Å²) in [6.07, 6.45) is 2.01. The number of ether oxygens (including phenoxy) is 2. The van der Waals surface area contributed by atoms with Crippen molar-refractivity contribution in [2.75, 3.05) is 13.2 Å². The van der Waals surface area contributed by atoms with E-state index in [-0.39, 0.29) is 0 Å². The van der Waals surface area contributed by atoms with Crippen LogP contribution in [0.4, 0.5) is 0 Å². The summed E-state index contributed by atoms with van der Waals surface area (Å²) in [6.45, 7) is 5.12. The number of aryl methyl sites for hydroxylation is 1. The normalized spacial score (nSPS) is 14.8. The lowest BCUT2D eigenvalue weighted by molar-refractivity contribution is 0.168. The predicted octanol–water partition coefficient (Wildman–Crippen LogP) is 3.52. The van der Waals surface area contributed by atoms with Gasteiger partial charge in [0.15, 0.2) is 11.5 Å². The lowest BCUT2D eigenvalue weighted by atomic mass is 10.1. The van der Waals surface area contributed by atoms with Crippen LogP contribution in [0.1, 0.15) is 30.7 Å². The van der Waals surface area contributed by atoms with Crippen molar-refractivity contribution in [1.82, 2.24) is 9.38 Å². The molecule has 24 heavy (non-hydrogen) atoms. The highest BCUT2D eigenvalue weighted by Gasteiger charge is 2.21. The number of imidazole rings is 1. The standard InChI is InChI=1S/C19H20N2O3/c1-3-14(22)19-18(20-17-10-12(2)6-7-21(17)19)13-4-5-15-16(11-13)24-9-8-23-15/h4-7,10-11,14,22H,3,8-9H2,1-2H3. The van der Waals surface area contributed by atoms with E-state index < -0.39 is 6.10 Å². The van der Waals surface area contributed by atoms with Crippen molar-refractivity contribution in [3.63, 3.8) is 0 Å². The van der Waals surface area contributed by atoms with Crippen LogP contribution in [-0.2, 0) is 0 Å². The van der Waals surface area contributed by atoms with Gasteiger partial charge in [-0.05, 0) is 49.2 Å². The number of benzene rings is 1. The van der Waals surface area contributed by atoms with Crippen molar-refractivity contribution in [3.05, 3.63) is 47.8 Å². The van der Waals surface area contributed by atoms with Crippen molar-refractivity contribution in [3.8, 4) is 22.8 Å². The van der Waals surface area contributed by atoms with Gasteiger partial charge in [-0.2, -0.15) is 0 Å². The van der Waals surface area contributed by atoms with Crippen molar-refractivity contribution in [1.29, 1.82) is 0 Å². The highest BCUT2D eigenvalue weighted by atomic mass is 16.6. The van der Waals surface area contributed by atoms with Crippen molar-refractivity contribution >= 4 is 5.65 Å². The summed E-state index contributed by atoms with van der Waals surface area (Å²) in [5, 5.41) is 10.5. The highest BCUT2D eigenvalue weighted by molar-refractivity contribution is 5.70. The maximum atomic E-state index is 10.5. The van der Waals surface area contributed by atoms with E-state index in [2.05, 4.69) is 0 Å². The van der Waals surface area contributed by atoms with Gasteiger partial charge in [0.1, 0.15) is 18.9 Å². The molecular weight excluding hydrogens is 304 g/mol. The molecule has 0 spiro atoms. The molecule has 1 aliphatic heterocycles. The van der Waals surface area contributed by atoms with Gasteiger partial charge in [0.25, 0.3) is 0 Å². The van der Waals surface area contributed by atoms with Crippen LogP contribution >= 0.6 is 0 Å². The maximum Gasteiger partial charge on any atom is 0.162 e. The number of pyridine rings is 1. The number of aliphatic hydroxyl groups excluding tert-OH is 1. The number of hydrogen-bond acceptors (Lipinski definition) is 4. The summed E-state index contributed by atoms with van der Waals surface area (Å²) < 4.78 is 13.2. The topological polar surface area (TPSA) is 56.0 Å². The molecule has 0 saturated carbocycles. The summed E-state index contributed by atoms with van der Waals surface area (Å²) in [7, 11) is 0. The third-order valence-electron chi connectivity index (χ3n) is 4.34. The molecule has 0 amide bonds. The molecule has 5 nitrogen and oxygen atoms in total. The fourth-order valence-electron chi connectivity index (χ4n) is 3.08. The van der Waals surface area contributed by atoms with Crippen LogP contribution in [-0.4, -0.2) is 27.7 Å². The Morgan fingerprint density at radius 3 is 2.75 bits per heavy atom. The quantitative estimate of drug-likeness (QED) is 0.801. The fourth-order valence-corrected chi connectivity index (χ4v) is 3.08. The van der Waals surface area contributed by atoms with E-state index in [9.17, 15) is 5.11 Å². The molecule has 1 unspecified atom stereocenters. The van der Waals surface area contributed by atoms with Gasteiger partial charge in [0.05, 0.1) is 17.5 Å². The number of nitrogens with zero attached hydrogens (tertiary/aromatic N) is 2. The molecule has 124 valence electrons. The maximum absolute atomic E-state index is 10.5. The second kappa shape index (κ2) is 5.83. The Labute approximate surface area is 140 Å². The summed E-state index contributed by atoms with van der Waals surface area (Å²) in [5.41, 5.74) is 4.49. The van der Waals surface area contributed by atoms with Gasteiger partial charge in [-0.15, -0.1) is 0 Å². The van der Waals surface area contributed by atoms with Crippen LogP contribution in [0.5, 0.6) is 11.5 Å². The average Bonchev–Trinajstić information content (AvgIpc) is 2.99. The second-order valence-electron chi connectivity index (χ2n) is 6.06. The van der Waals surface area contributed by atoms with Gasteiger partial charge in [-0.1, -0.05) is 6.92 Å². The van der Waals surface area contributed by atoms with Gasteiger partial charge in [0, 0.05) is 11.8 Å². The van der Waals surface area contributed by atoms with Gasteiger partial charge < -0.3 is 19.0 Å². The Bertz CT molecular complexity index is 901. The smallest absolute Gasteiger partial charge is 0.162 e. The highest BCUT2D eigenvalue weighted by Crippen LogP contribution is 2.37. The third kappa shape index (κ3) is 2.41. The van der Waals surface area contributed by atoms with Crippen LogP contribution in [0, 0.1) is 6.92 Å². The molecule has 3 heterocycles.